The summed E-state index contributed by atoms with van der Waals surface area (Å²) in [5.41, 5.74) is 3.31. The quantitative estimate of drug-likeness (QED) is 0.621. The van der Waals surface area contributed by atoms with Gasteiger partial charge < -0.3 is 15.2 Å². The van der Waals surface area contributed by atoms with Gasteiger partial charge >= 0.3 is 12.2 Å². The summed E-state index contributed by atoms with van der Waals surface area (Å²) in [4.78, 5) is 13.5. The molecule has 0 aromatic heterocycles. The first-order valence-corrected chi connectivity index (χ1v) is 6.14. The van der Waals surface area contributed by atoms with Gasteiger partial charge in [0.1, 0.15) is 5.75 Å². The second-order valence-electron chi connectivity index (χ2n) is 4.78. The molecule has 1 spiro atoms. The van der Waals surface area contributed by atoms with E-state index in [0.717, 1.165) is 0 Å². The number of amidine groups is 1. The summed E-state index contributed by atoms with van der Waals surface area (Å²) in [7, 11) is 0. The van der Waals surface area contributed by atoms with Crippen molar-refractivity contribution in [3.63, 3.8) is 0 Å². The molecule has 2 aliphatic heterocycles. The minimum absolute atomic E-state index is 0.0478. The number of halogens is 2. The molecule has 9 heteroatoms. The molecule has 112 valence electrons. The standard InChI is InChI=1S/C12H11F2N3O4/c13-12(14)9(17(18)19)21-10(15)16-11(12)5-6-20-8-4-2-1-3-7(8)11/h1-4,9H,5-6H2,(H2,15,16)/t9?,11-/m1/s1. The van der Waals surface area contributed by atoms with E-state index in [1.54, 1.807) is 6.07 Å². The van der Waals surface area contributed by atoms with Crippen LogP contribution in [0.1, 0.15) is 12.0 Å². The van der Waals surface area contributed by atoms with Crippen LogP contribution < -0.4 is 10.5 Å². The first-order valence-electron chi connectivity index (χ1n) is 6.14. The van der Waals surface area contributed by atoms with Crippen LogP contribution in [0.25, 0.3) is 0 Å². The summed E-state index contributed by atoms with van der Waals surface area (Å²) in [6.45, 7) is -0.0478. The van der Waals surface area contributed by atoms with E-state index >= 15 is 0 Å². The molecule has 21 heavy (non-hydrogen) atoms. The van der Waals surface area contributed by atoms with Crippen molar-refractivity contribution in [3.8, 4) is 5.75 Å². The number of benzene rings is 1. The molecule has 2 aliphatic rings. The fourth-order valence-electron chi connectivity index (χ4n) is 2.70. The minimum atomic E-state index is -3.86. The maximum absolute atomic E-state index is 14.7. The van der Waals surface area contributed by atoms with E-state index in [1.807, 2.05) is 0 Å². The number of hydrogen-bond donors (Lipinski definition) is 1. The predicted octanol–water partition coefficient (Wildman–Crippen LogP) is 1.25. The number of rotatable bonds is 1. The Balaban J connectivity index is 2.24. The van der Waals surface area contributed by atoms with Gasteiger partial charge in [0, 0.05) is 12.0 Å². The summed E-state index contributed by atoms with van der Waals surface area (Å²) in [6, 6.07) is 5.44. The highest BCUT2D eigenvalue weighted by atomic mass is 19.3. The van der Waals surface area contributed by atoms with Crippen molar-refractivity contribution in [1.82, 2.24) is 0 Å². The summed E-state index contributed by atoms with van der Waals surface area (Å²) in [5.74, 6) is -3.65. The molecule has 0 amide bonds. The Kier molecular flexibility index (Phi) is 2.75. The van der Waals surface area contributed by atoms with Crippen molar-refractivity contribution in [3.05, 3.63) is 39.9 Å². The van der Waals surface area contributed by atoms with Crippen molar-refractivity contribution >= 4 is 6.02 Å². The van der Waals surface area contributed by atoms with Crippen LogP contribution in [0.4, 0.5) is 8.78 Å². The lowest BCUT2D eigenvalue weighted by Gasteiger charge is -2.43. The summed E-state index contributed by atoms with van der Waals surface area (Å²) < 4.78 is 39.2. The molecule has 0 bridgehead atoms. The van der Waals surface area contributed by atoms with Crippen molar-refractivity contribution in [1.29, 1.82) is 0 Å². The van der Waals surface area contributed by atoms with Gasteiger partial charge in [0.15, 0.2) is 5.54 Å². The summed E-state index contributed by atoms with van der Waals surface area (Å²) in [5, 5.41) is 10.9. The van der Waals surface area contributed by atoms with Crippen molar-refractivity contribution in [2.75, 3.05) is 6.61 Å². The SMILES string of the molecule is NC1=N[C@@]2(CCOc3ccccc32)C(F)(F)C([N+](=O)[O-])O1. The molecular weight excluding hydrogens is 288 g/mol. The van der Waals surface area contributed by atoms with E-state index in [4.69, 9.17) is 10.5 Å². The molecule has 2 N–H and O–H groups in total. The van der Waals surface area contributed by atoms with Gasteiger partial charge in [-0.05, 0) is 6.07 Å². The van der Waals surface area contributed by atoms with Crippen LogP contribution in [0.3, 0.4) is 0 Å². The van der Waals surface area contributed by atoms with Gasteiger partial charge in [0.2, 0.25) is 0 Å². The molecule has 0 radical (unpaired) electrons. The second-order valence-corrected chi connectivity index (χ2v) is 4.78. The molecule has 1 aromatic rings. The molecule has 1 unspecified atom stereocenters. The molecule has 0 fully saturated rings. The third-order valence-corrected chi connectivity index (χ3v) is 3.64. The Morgan fingerprint density at radius 2 is 2.14 bits per heavy atom. The molecule has 0 aliphatic carbocycles. The Hall–Kier alpha value is -2.45. The number of nitro groups is 1. The Morgan fingerprint density at radius 3 is 2.86 bits per heavy atom. The summed E-state index contributed by atoms with van der Waals surface area (Å²) >= 11 is 0. The van der Waals surface area contributed by atoms with Gasteiger partial charge in [-0.2, -0.15) is 8.78 Å². The molecule has 1 aromatic carbocycles. The van der Waals surface area contributed by atoms with E-state index in [2.05, 4.69) is 9.73 Å². The molecule has 7 nitrogen and oxygen atoms in total. The number of fused-ring (bicyclic) bond motifs is 2. The Bertz CT molecular complexity index is 637. The smallest absolute Gasteiger partial charge is 0.422 e. The van der Waals surface area contributed by atoms with E-state index in [-0.39, 0.29) is 24.3 Å². The molecule has 3 rings (SSSR count). The van der Waals surface area contributed by atoms with E-state index < -0.39 is 28.6 Å². The lowest BCUT2D eigenvalue weighted by molar-refractivity contribution is -0.602. The first kappa shape index (κ1) is 13.5. The molecular formula is C12H11F2N3O4. The normalized spacial score (nSPS) is 29.8. The minimum Gasteiger partial charge on any atom is -0.493 e. The van der Waals surface area contributed by atoms with E-state index in [1.165, 1.54) is 18.2 Å². The van der Waals surface area contributed by atoms with E-state index in [0.29, 0.717) is 0 Å². The molecule has 2 atom stereocenters. The molecule has 2 heterocycles. The highest BCUT2D eigenvalue weighted by molar-refractivity contribution is 5.74. The number of nitrogens with two attached hydrogens (primary N) is 1. The van der Waals surface area contributed by atoms with Crippen LogP contribution in [0, 0.1) is 10.1 Å². The first-order chi connectivity index (χ1) is 9.88. The van der Waals surface area contributed by atoms with Crippen molar-refractivity contribution < 1.29 is 23.2 Å². The zero-order chi connectivity index (χ0) is 15.3. The number of para-hydroxylation sites is 1. The highest BCUT2D eigenvalue weighted by Gasteiger charge is 2.70. The predicted molar refractivity (Wildman–Crippen MR) is 66.7 cm³/mol. The van der Waals surface area contributed by atoms with Gasteiger partial charge in [-0.3, -0.25) is 10.1 Å². The number of nitrogens with zero attached hydrogens (tertiary/aromatic N) is 2. The Morgan fingerprint density at radius 1 is 1.43 bits per heavy atom. The van der Waals surface area contributed by atoms with Gasteiger partial charge in [-0.15, -0.1) is 0 Å². The van der Waals surface area contributed by atoms with Gasteiger partial charge in [0.25, 0.3) is 6.02 Å². The maximum atomic E-state index is 14.7. The zero-order valence-corrected chi connectivity index (χ0v) is 10.7. The molecule has 0 saturated heterocycles. The maximum Gasteiger partial charge on any atom is 0.422 e. The third kappa shape index (κ3) is 1.73. The Labute approximate surface area is 117 Å². The average molecular weight is 299 g/mol. The summed E-state index contributed by atoms with van der Waals surface area (Å²) in [6.07, 6.45) is -2.81. The number of ether oxygens (including phenoxy) is 2. The van der Waals surface area contributed by atoms with Crippen LogP contribution in [-0.4, -0.2) is 29.7 Å². The van der Waals surface area contributed by atoms with Crippen LogP contribution in [-0.2, 0) is 10.3 Å². The van der Waals surface area contributed by atoms with Crippen molar-refractivity contribution in [2.45, 2.75) is 24.1 Å². The fraction of sp³-hybridized carbons (Fsp3) is 0.417. The van der Waals surface area contributed by atoms with Crippen LogP contribution in [0.2, 0.25) is 0 Å². The van der Waals surface area contributed by atoms with Crippen LogP contribution in [0.15, 0.2) is 29.3 Å². The largest absolute Gasteiger partial charge is 0.493 e. The number of alkyl halides is 2. The van der Waals surface area contributed by atoms with Gasteiger partial charge in [0.05, 0.1) is 11.5 Å². The second kappa shape index (κ2) is 4.27. The topological polar surface area (TPSA) is 100.0 Å². The van der Waals surface area contributed by atoms with Crippen LogP contribution in [0.5, 0.6) is 5.75 Å². The fourth-order valence-corrected chi connectivity index (χ4v) is 2.70. The lowest BCUT2D eigenvalue weighted by atomic mass is 9.78. The lowest BCUT2D eigenvalue weighted by Crippen LogP contribution is -2.61. The van der Waals surface area contributed by atoms with Crippen LogP contribution >= 0.6 is 0 Å². The van der Waals surface area contributed by atoms with Gasteiger partial charge in [-0.1, -0.05) is 18.2 Å². The average Bonchev–Trinajstić information content (AvgIpc) is 2.43. The third-order valence-electron chi connectivity index (χ3n) is 3.64. The van der Waals surface area contributed by atoms with E-state index in [9.17, 15) is 18.9 Å². The van der Waals surface area contributed by atoms with Gasteiger partial charge in [-0.25, -0.2) is 4.99 Å². The highest BCUT2D eigenvalue weighted by Crippen LogP contribution is 2.53. The number of hydrogen-bond acceptors (Lipinski definition) is 6. The van der Waals surface area contributed by atoms with Crippen molar-refractivity contribution in [2.24, 2.45) is 10.7 Å². The number of aliphatic imine (C=N–C) groups is 1. The zero-order valence-electron chi connectivity index (χ0n) is 10.7. The monoisotopic (exact) mass is 299 g/mol. The molecule has 0 saturated carbocycles.